The zero-order valence-electron chi connectivity index (χ0n) is 9.89. The van der Waals surface area contributed by atoms with Gasteiger partial charge in [-0.2, -0.15) is 13.2 Å². The van der Waals surface area contributed by atoms with Gasteiger partial charge in [0.05, 0.1) is 5.56 Å². The number of carbonyl (C=O) groups is 2. The molecule has 20 heavy (non-hydrogen) atoms. The molecule has 0 heterocycles. The molecule has 0 aliphatic heterocycles. The molecule has 0 bridgehead atoms. The van der Waals surface area contributed by atoms with Crippen LogP contribution in [0.15, 0.2) is 22.7 Å². The Morgan fingerprint density at radius 2 is 1.85 bits per heavy atom. The second kappa shape index (κ2) is 5.39. The second-order valence-electron chi connectivity index (χ2n) is 4.01. The average Bonchev–Trinajstić information content (AvgIpc) is 2.30. The molecule has 0 fully saturated rings. The van der Waals surface area contributed by atoms with E-state index in [1.54, 1.807) is 0 Å². The van der Waals surface area contributed by atoms with Crippen molar-refractivity contribution in [2.24, 2.45) is 0 Å². The number of carboxylic acid groups (broad SMARTS) is 1. The molecule has 9 heteroatoms. The van der Waals surface area contributed by atoms with E-state index in [1.165, 1.54) is 11.4 Å². The van der Waals surface area contributed by atoms with Crippen LogP contribution < -0.4 is 5.32 Å². The number of carbonyl (C=O) groups excluding carboxylic acids is 1. The molecule has 4 nitrogen and oxygen atoms in total. The Kier molecular flexibility index (Phi) is 4.42. The molecule has 0 saturated carbocycles. The SMILES string of the molecule is CC(NC(=O)c1cc(Br)ccc1F)(C(=O)O)C(F)(F)F. The summed E-state index contributed by atoms with van der Waals surface area (Å²) in [5.41, 5.74) is -4.21. The van der Waals surface area contributed by atoms with Crippen molar-refractivity contribution < 1.29 is 32.3 Å². The van der Waals surface area contributed by atoms with E-state index in [4.69, 9.17) is 5.11 Å². The van der Waals surface area contributed by atoms with E-state index >= 15 is 0 Å². The van der Waals surface area contributed by atoms with Crippen LogP contribution in [0.5, 0.6) is 0 Å². The second-order valence-corrected chi connectivity index (χ2v) is 4.92. The molecule has 1 aromatic rings. The third-order valence-corrected chi connectivity index (χ3v) is 3.02. The minimum Gasteiger partial charge on any atom is -0.479 e. The van der Waals surface area contributed by atoms with Crippen molar-refractivity contribution in [1.29, 1.82) is 0 Å². The first-order valence-corrected chi connectivity index (χ1v) is 5.86. The average molecular weight is 358 g/mol. The lowest BCUT2D eigenvalue weighted by molar-refractivity contribution is -0.203. The summed E-state index contributed by atoms with van der Waals surface area (Å²) in [6.07, 6.45) is -5.24. The molecule has 1 unspecified atom stereocenters. The molecule has 1 aromatic carbocycles. The minimum atomic E-state index is -5.24. The number of aliphatic carboxylic acids is 1. The molecule has 0 aliphatic rings. The Bertz CT molecular complexity index is 561. The summed E-state index contributed by atoms with van der Waals surface area (Å²) in [6, 6.07) is 3.06. The number of amides is 1. The molecule has 0 radical (unpaired) electrons. The van der Waals surface area contributed by atoms with Gasteiger partial charge in [0.25, 0.3) is 5.91 Å². The van der Waals surface area contributed by atoms with Crippen molar-refractivity contribution in [3.63, 3.8) is 0 Å². The van der Waals surface area contributed by atoms with Crippen molar-refractivity contribution in [3.8, 4) is 0 Å². The number of rotatable bonds is 3. The minimum absolute atomic E-state index is 0.257. The maximum atomic E-state index is 13.4. The third-order valence-electron chi connectivity index (χ3n) is 2.53. The lowest BCUT2D eigenvalue weighted by atomic mass is 10.0. The predicted molar refractivity (Wildman–Crippen MR) is 63.7 cm³/mol. The van der Waals surface area contributed by atoms with Crippen LogP contribution in [0.1, 0.15) is 17.3 Å². The topological polar surface area (TPSA) is 66.4 Å². The molecule has 110 valence electrons. The maximum Gasteiger partial charge on any atom is 0.422 e. The van der Waals surface area contributed by atoms with Gasteiger partial charge < -0.3 is 10.4 Å². The number of carboxylic acids is 1. The summed E-state index contributed by atoms with van der Waals surface area (Å²) < 4.78 is 51.8. The van der Waals surface area contributed by atoms with Gasteiger partial charge in [-0.3, -0.25) is 4.79 Å². The Balaban J connectivity index is 3.16. The van der Waals surface area contributed by atoms with Gasteiger partial charge in [0.1, 0.15) is 5.82 Å². The Morgan fingerprint density at radius 3 is 2.30 bits per heavy atom. The standard InChI is InChI=1S/C11H8BrF4NO3/c1-10(9(19)20,11(14,15)16)17-8(18)6-4-5(12)2-3-7(6)13/h2-4H,1H3,(H,17,18)(H,19,20). The number of hydrogen-bond acceptors (Lipinski definition) is 2. The normalized spacial score (nSPS) is 14.5. The molecule has 1 rings (SSSR count). The quantitative estimate of drug-likeness (QED) is 0.817. The number of benzene rings is 1. The largest absolute Gasteiger partial charge is 0.479 e. The van der Waals surface area contributed by atoms with Crippen LogP contribution in [0.25, 0.3) is 0 Å². The molecular weight excluding hydrogens is 350 g/mol. The van der Waals surface area contributed by atoms with Crippen molar-refractivity contribution >= 4 is 27.8 Å². The molecule has 1 amide bonds. The van der Waals surface area contributed by atoms with E-state index in [0.717, 1.165) is 12.1 Å². The van der Waals surface area contributed by atoms with Crippen LogP contribution in [0.2, 0.25) is 0 Å². The zero-order valence-corrected chi connectivity index (χ0v) is 11.5. The number of hydrogen-bond donors (Lipinski definition) is 2. The molecule has 1 atom stereocenters. The maximum absolute atomic E-state index is 13.4. The van der Waals surface area contributed by atoms with Gasteiger partial charge >= 0.3 is 12.1 Å². The number of nitrogens with one attached hydrogen (secondary N) is 1. The van der Waals surface area contributed by atoms with Crippen LogP contribution in [-0.4, -0.2) is 28.7 Å². The Morgan fingerprint density at radius 1 is 1.30 bits per heavy atom. The van der Waals surface area contributed by atoms with E-state index in [0.29, 0.717) is 0 Å². The molecule has 0 aromatic heterocycles. The highest BCUT2D eigenvalue weighted by atomic mass is 79.9. The number of halogens is 5. The van der Waals surface area contributed by atoms with Crippen molar-refractivity contribution in [3.05, 3.63) is 34.1 Å². The van der Waals surface area contributed by atoms with Gasteiger partial charge in [-0.1, -0.05) is 15.9 Å². The highest BCUT2D eigenvalue weighted by molar-refractivity contribution is 9.10. The molecular formula is C11H8BrF4NO3. The molecule has 0 saturated heterocycles. The summed E-state index contributed by atoms with van der Waals surface area (Å²) in [5.74, 6) is -4.85. The molecule has 0 spiro atoms. The summed E-state index contributed by atoms with van der Waals surface area (Å²) >= 11 is 2.93. The smallest absolute Gasteiger partial charge is 0.422 e. The van der Waals surface area contributed by atoms with Crippen molar-refractivity contribution in [2.45, 2.75) is 18.6 Å². The summed E-state index contributed by atoms with van der Waals surface area (Å²) in [7, 11) is 0. The van der Waals surface area contributed by atoms with E-state index < -0.39 is 35.0 Å². The highest BCUT2D eigenvalue weighted by Gasteiger charge is 2.58. The summed E-state index contributed by atoms with van der Waals surface area (Å²) in [4.78, 5) is 22.4. The first-order valence-electron chi connectivity index (χ1n) is 5.06. The van der Waals surface area contributed by atoms with Crippen molar-refractivity contribution in [1.82, 2.24) is 5.32 Å². The first-order chi connectivity index (χ1) is 8.99. The van der Waals surface area contributed by atoms with Gasteiger partial charge in [-0.15, -0.1) is 0 Å². The van der Waals surface area contributed by atoms with E-state index in [1.807, 2.05) is 0 Å². The Hall–Kier alpha value is -1.64. The third kappa shape index (κ3) is 3.09. The van der Waals surface area contributed by atoms with Gasteiger partial charge in [0.15, 0.2) is 0 Å². The van der Waals surface area contributed by atoms with Crippen LogP contribution in [0.3, 0.4) is 0 Å². The Labute approximate surface area is 118 Å². The fourth-order valence-corrected chi connectivity index (χ4v) is 1.57. The van der Waals surface area contributed by atoms with E-state index in [9.17, 15) is 27.2 Å². The fraction of sp³-hybridized carbons (Fsp3) is 0.273. The van der Waals surface area contributed by atoms with Crippen LogP contribution >= 0.6 is 15.9 Å². The summed E-state index contributed by atoms with van der Waals surface area (Å²) in [6.45, 7) is 0.281. The monoisotopic (exact) mass is 357 g/mol. The zero-order chi connectivity index (χ0) is 15.7. The van der Waals surface area contributed by atoms with E-state index in [2.05, 4.69) is 15.9 Å². The van der Waals surface area contributed by atoms with Crippen LogP contribution in [0.4, 0.5) is 17.6 Å². The lowest BCUT2D eigenvalue weighted by Crippen LogP contribution is -2.62. The molecule has 2 N–H and O–H groups in total. The van der Waals surface area contributed by atoms with Crippen molar-refractivity contribution in [2.75, 3.05) is 0 Å². The highest BCUT2D eigenvalue weighted by Crippen LogP contribution is 2.31. The lowest BCUT2D eigenvalue weighted by Gasteiger charge is -2.28. The summed E-state index contributed by atoms with van der Waals surface area (Å²) in [5, 5.41) is 9.94. The van der Waals surface area contributed by atoms with Gasteiger partial charge in [0.2, 0.25) is 5.54 Å². The van der Waals surface area contributed by atoms with Crippen LogP contribution in [0, 0.1) is 5.82 Å². The van der Waals surface area contributed by atoms with Crippen LogP contribution in [-0.2, 0) is 4.79 Å². The fourth-order valence-electron chi connectivity index (χ4n) is 1.21. The van der Waals surface area contributed by atoms with Gasteiger partial charge in [-0.25, -0.2) is 9.18 Å². The van der Waals surface area contributed by atoms with E-state index in [-0.39, 0.29) is 11.4 Å². The molecule has 0 aliphatic carbocycles. The van der Waals surface area contributed by atoms with Gasteiger partial charge in [0, 0.05) is 4.47 Å². The predicted octanol–water partition coefficient (Wildman–Crippen LogP) is 2.72. The van der Waals surface area contributed by atoms with Gasteiger partial charge in [-0.05, 0) is 25.1 Å². The number of alkyl halides is 3. The first kappa shape index (κ1) is 16.4.